The van der Waals surface area contributed by atoms with Crippen molar-refractivity contribution in [3.63, 3.8) is 0 Å². The lowest BCUT2D eigenvalue weighted by Crippen LogP contribution is -2.47. The van der Waals surface area contributed by atoms with Crippen molar-refractivity contribution in [2.24, 2.45) is 0 Å². The summed E-state index contributed by atoms with van der Waals surface area (Å²) in [5.41, 5.74) is 3.23. The van der Waals surface area contributed by atoms with Gasteiger partial charge >= 0.3 is 0 Å². The molecule has 2 heterocycles. The maximum Gasteiger partial charge on any atom is 0.228 e. The van der Waals surface area contributed by atoms with Crippen LogP contribution in [0.15, 0.2) is 29.6 Å². The fourth-order valence-electron chi connectivity index (χ4n) is 3.00. The van der Waals surface area contributed by atoms with E-state index in [1.54, 1.807) is 11.3 Å². The summed E-state index contributed by atoms with van der Waals surface area (Å²) < 4.78 is 0. The van der Waals surface area contributed by atoms with E-state index in [0.29, 0.717) is 12.5 Å². The Kier molecular flexibility index (Phi) is 8.86. The van der Waals surface area contributed by atoms with E-state index in [-0.39, 0.29) is 30.7 Å². The van der Waals surface area contributed by atoms with Crippen LogP contribution in [0, 0.1) is 6.92 Å². The average Bonchev–Trinajstić information content (AvgIpc) is 3.03. The Balaban J connectivity index is 0.00000156. The van der Waals surface area contributed by atoms with Crippen LogP contribution in [-0.4, -0.2) is 42.0 Å². The van der Waals surface area contributed by atoms with Crippen molar-refractivity contribution in [3.8, 4) is 10.6 Å². The fourth-order valence-corrected chi connectivity index (χ4v) is 3.82. The molecule has 0 aliphatic carbocycles. The van der Waals surface area contributed by atoms with Gasteiger partial charge < -0.3 is 10.2 Å². The first-order valence-corrected chi connectivity index (χ1v) is 9.00. The summed E-state index contributed by atoms with van der Waals surface area (Å²) in [7, 11) is 1.97. The van der Waals surface area contributed by atoms with E-state index in [4.69, 9.17) is 0 Å². The Morgan fingerprint density at radius 3 is 2.92 bits per heavy atom. The number of halogens is 2. The average molecular weight is 402 g/mol. The van der Waals surface area contributed by atoms with Crippen LogP contribution < -0.4 is 5.32 Å². The highest BCUT2D eigenvalue weighted by Gasteiger charge is 2.23. The third-order valence-electron chi connectivity index (χ3n) is 4.33. The van der Waals surface area contributed by atoms with Crippen LogP contribution in [0.25, 0.3) is 10.6 Å². The third-order valence-corrected chi connectivity index (χ3v) is 5.27. The molecule has 1 fully saturated rings. The normalized spacial score (nSPS) is 16.7. The number of piperidine rings is 1. The Morgan fingerprint density at radius 1 is 1.40 bits per heavy atom. The number of nitrogens with zero attached hydrogens (tertiary/aromatic N) is 2. The molecule has 2 aromatic rings. The summed E-state index contributed by atoms with van der Waals surface area (Å²) in [5.74, 6) is 0.186. The number of aromatic nitrogens is 1. The molecule has 0 saturated carbocycles. The van der Waals surface area contributed by atoms with Crippen molar-refractivity contribution < 1.29 is 4.79 Å². The number of hydrogen-bond donors (Lipinski definition) is 1. The molecule has 1 saturated heterocycles. The van der Waals surface area contributed by atoms with Crippen LogP contribution in [-0.2, 0) is 11.2 Å². The number of hydrogen-bond acceptors (Lipinski definition) is 4. The number of aryl methyl sites for hydroxylation is 1. The van der Waals surface area contributed by atoms with Gasteiger partial charge in [0.25, 0.3) is 0 Å². The first kappa shape index (κ1) is 21.9. The molecule has 1 aromatic heterocycles. The Hall–Kier alpha value is -1.14. The van der Waals surface area contributed by atoms with E-state index in [0.717, 1.165) is 42.2 Å². The smallest absolute Gasteiger partial charge is 0.228 e. The van der Waals surface area contributed by atoms with Crippen molar-refractivity contribution in [2.75, 3.05) is 20.1 Å². The molecule has 1 unspecified atom stereocenters. The topological polar surface area (TPSA) is 45.2 Å². The highest BCUT2D eigenvalue weighted by Crippen LogP contribution is 2.25. The zero-order chi connectivity index (χ0) is 16.2. The van der Waals surface area contributed by atoms with Gasteiger partial charge in [-0.1, -0.05) is 23.8 Å². The van der Waals surface area contributed by atoms with Crippen molar-refractivity contribution in [2.45, 2.75) is 32.2 Å². The number of carbonyl (C=O) groups is 1. The minimum atomic E-state index is 0. The molecule has 0 bridgehead atoms. The minimum absolute atomic E-state index is 0. The van der Waals surface area contributed by atoms with Gasteiger partial charge in [0.1, 0.15) is 5.01 Å². The molecule has 1 aliphatic heterocycles. The summed E-state index contributed by atoms with van der Waals surface area (Å²) in [4.78, 5) is 19.1. The molecule has 0 spiro atoms. The number of nitrogens with one attached hydrogen (secondary N) is 1. The van der Waals surface area contributed by atoms with Crippen molar-refractivity contribution in [3.05, 3.63) is 40.9 Å². The molecule has 3 rings (SSSR count). The molecule has 138 valence electrons. The lowest BCUT2D eigenvalue weighted by molar-refractivity contribution is -0.131. The molecule has 1 aliphatic rings. The number of rotatable bonds is 4. The lowest BCUT2D eigenvalue weighted by atomic mass is 10.1. The molecule has 1 amide bonds. The SMILES string of the molecule is CNC1CCCN(C(=O)Cc2csc(-c3cccc(C)c3)n2)C1.Cl.Cl. The van der Waals surface area contributed by atoms with Gasteiger partial charge in [0, 0.05) is 30.1 Å². The van der Waals surface area contributed by atoms with E-state index in [1.807, 2.05) is 23.4 Å². The third kappa shape index (κ3) is 5.68. The molecular formula is C18H25Cl2N3OS. The summed E-state index contributed by atoms with van der Waals surface area (Å²) in [6.07, 6.45) is 2.62. The zero-order valence-electron chi connectivity index (χ0n) is 14.5. The summed E-state index contributed by atoms with van der Waals surface area (Å²) in [6, 6.07) is 8.75. The summed E-state index contributed by atoms with van der Waals surface area (Å²) in [5, 5.41) is 6.27. The zero-order valence-corrected chi connectivity index (χ0v) is 17.0. The van der Waals surface area contributed by atoms with Crippen molar-refractivity contribution >= 4 is 42.1 Å². The molecular weight excluding hydrogens is 377 g/mol. The Bertz CT molecular complexity index is 692. The molecule has 4 nitrogen and oxygen atoms in total. The standard InChI is InChI=1S/C18H23N3OS.2ClH/c1-13-5-3-6-14(9-13)18-20-16(12-23-18)10-17(22)21-8-4-7-15(11-21)19-2;;/h3,5-6,9,12,15,19H,4,7-8,10-11H2,1-2H3;2*1H. The van der Waals surface area contributed by atoms with Gasteiger partial charge in [0.15, 0.2) is 0 Å². The van der Waals surface area contributed by atoms with Gasteiger partial charge in [-0.2, -0.15) is 0 Å². The predicted octanol–water partition coefficient (Wildman–Crippen LogP) is 3.72. The van der Waals surface area contributed by atoms with Crippen LogP contribution in [0.5, 0.6) is 0 Å². The highest BCUT2D eigenvalue weighted by molar-refractivity contribution is 7.13. The molecule has 0 radical (unpaired) electrons. The number of carbonyl (C=O) groups excluding carboxylic acids is 1. The molecule has 1 aromatic carbocycles. The number of benzene rings is 1. The predicted molar refractivity (Wildman–Crippen MR) is 109 cm³/mol. The molecule has 1 atom stereocenters. The molecule has 7 heteroatoms. The van der Waals surface area contributed by atoms with Gasteiger partial charge in [-0.05, 0) is 32.9 Å². The summed E-state index contributed by atoms with van der Waals surface area (Å²) >= 11 is 1.61. The van der Waals surface area contributed by atoms with E-state index < -0.39 is 0 Å². The van der Waals surface area contributed by atoms with Crippen LogP contribution >= 0.6 is 36.2 Å². The molecule has 1 N–H and O–H groups in total. The van der Waals surface area contributed by atoms with Gasteiger partial charge in [0.2, 0.25) is 5.91 Å². The second-order valence-corrected chi connectivity index (χ2v) is 7.02. The first-order chi connectivity index (χ1) is 11.2. The van der Waals surface area contributed by atoms with Crippen molar-refractivity contribution in [1.82, 2.24) is 15.2 Å². The van der Waals surface area contributed by atoms with Gasteiger partial charge in [-0.3, -0.25) is 4.79 Å². The Labute approximate surface area is 165 Å². The second-order valence-electron chi connectivity index (χ2n) is 6.16. The van der Waals surface area contributed by atoms with Gasteiger partial charge in [-0.15, -0.1) is 36.2 Å². The lowest BCUT2D eigenvalue weighted by Gasteiger charge is -2.32. The fraction of sp³-hybridized carbons (Fsp3) is 0.444. The van der Waals surface area contributed by atoms with E-state index >= 15 is 0 Å². The molecule has 25 heavy (non-hydrogen) atoms. The van der Waals surface area contributed by atoms with Crippen LogP contribution in [0.1, 0.15) is 24.1 Å². The minimum Gasteiger partial charge on any atom is -0.341 e. The van der Waals surface area contributed by atoms with Crippen LogP contribution in [0.3, 0.4) is 0 Å². The first-order valence-electron chi connectivity index (χ1n) is 8.12. The largest absolute Gasteiger partial charge is 0.341 e. The summed E-state index contributed by atoms with van der Waals surface area (Å²) in [6.45, 7) is 3.76. The van der Waals surface area contributed by atoms with Gasteiger partial charge in [-0.25, -0.2) is 4.98 Å². The highest BCUT2D eigenvalue weighted by atomic mass is 35.5. The number of likely N-dealkylation sites (N-methyl/N-ethyl adjacent to an activating group) is 1. The van der Waals surface area contributed by atoms with Crippen molar-refractivity contribution in [1.29, 1.82) is 0 Å². The maximum absolute atomic E-state index is 12.5. The number of thiazole rings is 1. The maximum atomic E-state index is 12.5. The van der Waals surface area contributed by atoms with E-state index in [1.165, 1.54) is 5.56 Å². The van der Waals surface area contributed by atoms with E-state index in [2.05, 4.69) is 35.4 Å². The number of amides is 1. The Morgan fingerprint density at radius 2 is 2.20 bits per heavy atom. The number of likely N-dealkylation sites (tertiary alicyclic amines) is 1. The van der Waals surface area contributed by atoms with Gasteiger partial charge in [0.05, 0.1) is 12.1 Å². The second kappa shape index (κ2) is 10.1. The van der Waals surface area contributed by atoms with Crippen LogP contribution in [0.2, 0.25) is 0 Å². The monoisotopic (exact) mass is 401 g/mol. The van der Waals surface area contributed by atoms with E-state index in [9.17, 15) is 4.79 Å². The van der Waals surface area contributed by atoms with Crippen LogP contribution in [0.4, 0.5) is 0 Å². The quantitative estimate of drug-likeness (QED) is 0.848.